The maximum absolute atomic E-state index is 11.8. The van der Waals surface area contributed by atoms with Crippen molar-refractivity contribution in [2.24, 2.45) is 5.92 Å². The Balaban J connectivity index is 1.79. The van der Waals surface area contributed by atoms with Gasteiger partial charge in [-0.15, -0.1) is 0 Å². The first-order valence-electron chi connectivity index (χ1n) is 8.64. The van der Waals surface area contributed by atoms with Crippen molar-refractivity contribution in [3.63, 3.8) is 0 Å². The van der Waals surface area contributed by atoms with Crippen molar-refractivity contribution in [2.75, 3.05) is 19.3 Å². The maximum atomic E-state index is 11.8. The first-order valence-corrected chi connectivity index (χ1v) is 10.5. The van der Waals surface area contributed by atoms with Gasteiger partial charge in [-0.1, -0.05) is 13.8 Å². The maximum Gasteiger partial charge on any atom is 0.211 e. The first-order chi connectivity index (χ1) is 11.8. The molecule has 1 atom stereocenters. The summed E-state index contributed by atoms with van der Waals surface area (Å²) in [6.45, 7) is 6.05. The molecule has 7 nitrogen and oxygen atoms in total. The number of hydrogen-bond acceptors (Lipinski definition) is 5. The second kappa shape index (κ2) is 7.21. The fraction of sp³-hybridized carbons (Fsp3) is 0.588. The molecule has 0 amide bonds. The van der Waals surface area contributed by atoms with Gasteiger partial charge in [0.05, 0.1) is 6.26 Å². The van der Waals surface area contributed by atoms with E-state index in [4.69, 9.17) is 0 Å². The third kappa shape index (κ3) is 4.24. The Morgan fingerprint density at radius 2 is 2.08 bits per heavy atom. The van der Waals surface area contributed by atoms with Crippen molar-refractivity contribution in [3.8, 4) is 11.5 Å². The van der Waals surface area contributed by atoms with Crippen LogP contribution < -0.4 is 0 Å². The molecule has 0 spiro atoms. The number of aromatic nitrogens is 4. The van der Waals surface area contributed by atoms with Gasteiger partial charge in [-0.25, -0.2) is 27.7 Å². The highest BCUT2D eigenvalue weighted by Gasteiger charge is 2.26. The van der Waals surface area contributed by atoms with Gasteiger partial charge in [0, 0.05) is 44.1 Å². The molecular formula is C17H25N5O2S. The average Bonchev–Trinajstić information content (AvgIpc) is 3.02. The molecule has 0 bridgehead atoms. The summed E-state index contributed by atoms with van der Waals surface area (Å²) in [5.74, 6) is 2.14. The molecule has 0 radical (unpaired) electrons. The van der Waals surface area contributed by atoms with Crippen LogP contribution in [0, 0.1) is 5.92 Å². The molecular weight excluding hydrogens is 338 g/mol. The fourth-order valence-corrected chi connectivity index (χ4v) is 4.16. The molecule has 2 aromatic heterocycles. The van der Waals surface area contributed by atoms with E-state index in [0.29, 0.717) is 13.1 Å². The molecule has 1 aliphatic heterocycles. The molecule has 0 saturated carbocycles. The van der Waals surface area contributed by atoms with Gasteiger partial charge in [0.25, 0.3) is 0 Å². The molecule has 1 aliphatic rings. The summed E-state index contributed by atoms with van der Waals surface area (Å²) in [6, 6.07) is 1.87. The van der Waals surface area contributed by atoms with Crippen LogP contribution in [0.5, 0.6) is 0 Å². The van der Waals surface area contributed by atoms with Gasteiger partial charge >= 0.3 is 0 Å². The molecule has 0 aromatic carbocycles. The lowest BCUT2D eigenvalue weighted by atomic mass is 9.99. The average molecular weight is 363 g/mol. The summed E-state index contributed by atoms with van der Waals surface area (Å²) >= 11 is 0. The van der Waals surface area contributed by atoms with E-state index in [0.717, 1.165) is 36.7 Å². The van der Waals surface area contributed by atoms with E-state index in [1.165, 1.54) is 6.26 Å². The van der Waals surface area contributed by atoms with Crippen LogP contribution >= 0.6 is 0 Å². The van der Waals surface area contributed by atoms with Crippen LogP contribution in [-0.4, -0.2) is 51.6 Å². The topological polar surface area (TPSA) is 81.0 Å². The lowest BCUT2D eigenvalue weighted by Gasteiger charge is -2.31. The molecule has 0 aliphatic carbocycles. The SMILES string of the molecule is CC(C)c1nccc(-c2nccn2CC2CCCN(S(C)(=O)=O)C2)n1. The highest BCUT2D eigenvalue weighted by Crippen LogP contribution is 2.23. The van der Waals surface area contributed by atoms with Crippen LogP contribution in [0.3, 0.4) is 0 Å². The summed E-state index contributed by atoms with van der Waals surface area (Å²) in [5.41, 5.74) is 0.805. The minimum absolute atomic E-state index is 0.255. The van der Waals surface area contributed by atoms with Crippen molar-refractivity contribution in [1.29, 1.82) is 0 Å². The second-order valence-corrected chi connectivity index (χ2v) is 8.97. The number of hydrogen-bond donors (Lipinski definition) is 0. The Bertz CT molecular complexity index is 831. The first kappa shape index (κ1) is 18.0. The van der Waals surface area contributed by atoms with E-state index < -0.39 is 10.0 Å². The van der Waals surface area contributed by atoms with Crippen LogP contribution in [0.1, 0.15) is 38.4 Å². The van der Waals surface area contributed by atoms with Crippen molar-refractivity contribution >= 4 is 10.0 Å². The Labute approximate surface area is 149 Å². The Morgan fingerprint density at radius 1 is 1.28 bits per heavy atom. The van der Waals surface area contributed by atoms with Gasteiger partial charge < -0.3 is 4.57 Å². The highest BCUT2D eigenvalue weighted by atomic mass is 32.2. The lowest BCUT2D eigenvalue weighted by Crippen LogP contribution is -2.40. The van der Waals surface area contributed by atoms with E-state index in [-0.39, 0.29) is 11.8 Å². The van der Waals surface area contributed by atoms with E-state index in [1.54, 1.807) is 16.7 Å². The standard InChI is InChI=1S/C17H25N5O2S/c1-13(2)16-18-7-6-15(20-16)17-19-8-10-21(17)11-14-5-4-9-22(12-14)25(3,23)24/h6-8,10,13-14H,4-5,9,11-12H2,1-3H3. The van der Waals surface area contributed by atoms with Crippen molar-refractivity contribution in [3.05, 3.63) is 30.5 Å². The zero-order chi connectivity index (χ0) is 18.0. The van der Waals surface area contributed by atoms with Gasteiger partial charge in [-0.05, 0) is 24.8 Å². The number of rotatable bonds is 5. The number of sulfonamides is 1. The third-order valence-corrected chi connectivity index (χ3v) is 5.81. The summed E-state index contributed by atoms with van der Waals surface area (Å²) in [7, 11) is -3.13. The molecule has 1 fully saturated rings. The van der Waals surface area contributed by atoms with Crippen LogP contribution in [0.15, 0.2) is 24.7 Å². The lowest BCUT2D eigenvalue weighted by molar-refractivity contribution is 0.247. The van der Waals surface area contributed by atoms with E-state index >= 15 is 0 Å². The molecule has 3 heterocycles. The molecule has 1 unspecified atom stereocenters. The number of piperidine rings is 1. The largest absolute Gasteiger partial charge is 0.329 e. The van der Waals surface area contributed by atoms with Crippen LogP contribution in [-0.2, 0) is 16.6 Å². The zero-order valence-electron chi connectivity index (χ0n) is 15.0. The Hall–Kier alpha value is -1.80. The van der Waals surface area contributed by atoms with Gasteiger partial charge in [0.2, 0.25) is 10.0 Å². The van der Waals surface area contributed by atoms with Crippen LogP contribution in [0.25, 0.3) is 11.5 Å². The van der Waals surface area contributed by atoms with Crippen LogP contribution in [0.4, 0.5) is 0 Å². The minimum Gasteiger partial charge on any atom is -0.329 e. The van der Waals surface area contributed by atoms with E-state index in [1.807, 2.05) is 12.3 Å². The quantitative estimate of drug-likeness (QED) is 0.813. The predicted octanol–water partition coefficient (Wildman–Crippen LogP) is 2.14. The van der Waals surface area contributed by atoms with Gasteiger partial charge in [-0.2, -0.15) is 0 Å². The summed E-state index contributed by atoms with van der Waals surface area (Å²) in [5, 5.41) is 0. The van der Waals surface area contributed by atoms with Gasteiger partial charge in [0.15, 0.2) is 5.82 Å². The molecule has 8 heteroatoms. The molecule has 2 aromatic rings. The normalized spacial score (nSPS) is 19.4. The molecule has 136 valence electrons. The molecule has 3 rings (SSSR count). The second-order valence-electron chi connectivity index (χ2n) is 6.99. The van der Waals surface area contributed by atoms with E-state index in [2.05, 4.69) is 33.4 Å². The number of nitrogens with zero attached hydrogens (tertiary/aromatic N) is 5. The summed E-state index contributed by atoms with van der Waals surface area (Å²) < 4.78 is 27.3. The number of imidazole rings is 1. The molecule has 0 N–H and O–H groups in total. The van der Waals surface area contributed by atoms with Crippen molar-refractivity contribution in [2.45, 2.75) is 39.2 Å². The van der Waals surface area contributed by atoms with E-state index in [9.17, 15) is 8.42 Å². The zero-order valence-corrected chi connectivity index (χ0v) is 15.8. The third-order valence-electron chi connectivity index (χ3n) is 4.54. The minimum atomic E-state index is -3.13. The van der Waals surface area contributed by atoms with Crippen LogP contribution in [0.2, 0.25) is 0 Å². The fourth-order valence-electron chi connectivity index (χ4n) is 3.22. The van der Waals surface area contributed by atoms with Crippen molar-refractivity contribution in [1.82, 2.24) is 23.8 Å². The smallest absolute Gasteiger partial charge is 0.211 e. The summed E-state index contributed by atoms with van der Waals surface area (Å²) in [4.78, 5) is 13.4. The molecule has 25 heavy (non-hydrogen) atoms. The highest BCUT2D eigenvalue weighted by molar-refractivity contribution is 7.88. The van der Waals surface area contributed by atoms with Crippen molar-refractivity contribution < 1.29 is 8.42 Å². The predicted molar refractivity (Wildman–Crippen MR) is 96.5 cm³/mol. The summed E-state index contributed by atoms with van der Waals surface area (Å²) in [6.07, 6.45) is 8.67. The van der Waals surface area contributed by atoms with Gasteiger partial charge in [-0.3, -0.25) is 0 Å². The molecule has 1 saturated heterocycles. The Morgan fingerprint density at radius 3 is 2.80 bits per heavy atom. The monoisotopic (exact) mass is 363 g/mol. The Kier molecular flexibility index (Phi) is 5.19. The van der Waals surface area contributed by atoms with Gasteiger partial charge in [0.1, 0.15) is 11.5 Å².